The first-order valence-electron chi connectivity index (χ1n) is 6.69. The molecule has 2 rings (SSSR count). The van der Waals surface area contributed by atoms with Crippen LogP contribution in [-0.4, -0.2) is 18.6 Å². The standard InChI is InChI=1S/C16H18N4/c1-3-11-18-15-5-4-6-16(19-15)20(2)14-9-7-13(12-17)8-10-14/h4-10H,3,11H2,1-2H3,(H,18,19). The Morgan fingerprint density at radius 1 is 1.20 bits per heavy atom. The average molecular weight is 266 g/mol. The number of pyridine rings is 1. The van der Waals surface area contributed by atoms with Gasteiger partial charge < -0.3 is 10.2 Å². The van der Waals surface area contributed by atoms with E-state index in [1.165, 1.54) is 0 Å². The van der Waals surface area contributed by atoms with Gasteiger partial charge in [0.25, 0.3) is 0 Å². The lowest BCUT2D eigenvalue weighted by Gasteiger charge is -2.19. The van der Waals surface area contributed by atoms with Crippen molar-refractivity contribution in [3.05, 3.63) is 48.0 Å². The van der Waals surface area contributed by atoms with Crippen molar-refractivity contribution in [3.8, 4) is 6.07 Å². The number of nitrogens with zero attached hydrogens (tertiary/aromatic N) is 3. The van der Waals surface area contributed by atoms with Gasteiger partial charge in [-0.05, 0) is 42.8 Å². The molecule has 4 heteroatoms. The minimum Gasteiger partial charge on any atom is -0.370 e. The smallest absolute Gasteiger partial charge is 0.135 e. The maximum Gasteiger partial charge on any atom is 0.135 e. The van der Waals surface area contributed by atoms with Gasteiger partial charge in [-0.15, -0.1) is 0 Å². The van der Waals surface area contributed by atoms with E-state index in [9.17, 15) is 0 Å². The molecule has 0 radical (unpaired) electrons. The molecule has 0 saturated carbocycles. The monoisotopic (exact) mass is 266 g/mol. The first-order chi connectivity index (χ1) is 9.74. The van der Waals surface area contributed by atoms with Gasteiger partial charge >= 0.3 is 0 Å². The molecule has 0 fully saturated rings. The summed E-state index contributed by atoms with van der Waals surface area (Å²) in [5, 5.41) is 12.1. The van der Waals surface area contributed by atoms with E-state index in [0.29, 0.717) is 5.56 Å². The molecule has 0 amide bonds. The van der Waals surface area contributed by atoms with Crippen LogP contribution in [0.3, 0.4) is 0 Å². The van der Waals surface area contributed by atoms with Crippen LogP contribution >= 0.6 is 0 Å². The van der Waals surface area contributed by atoms with Gasteiger partial charge in [-0.25, -0.2) is 4.98 Å². The molecule has 0 aliphatic rings. The predicted octanol–water partition coefficient (Wildman–Crippen LogP) is 3.54. The van der Waals surface area contributed by atoms with Crippen molar-refractivity contribution in [2.75, 3.05) is 23.8 Å². The van der Waals surface area contributed by atoms with E-state index in [1.807, 2.05) is 54.4 Å². The fourth-order valence-electron chi connectivity index (χ4n) is 1.85. The van der Waals surface area contributed by atoms with Crippen molar-refractivity contribution in [3.63, 3.8) is 0 Å². The molecule has 0 aliphatic carbocycles. The second-order valence-corrected chi connectivity index (χ2v) is 4.53. The van der Waals surface area contributed by atoms with Crippen LogP contribution in [0.5, 0.6) is 0 Å². The van der Waals surface area contributed by atoms with E-state index < -0.39 is 0 Å². The van der Waals surface area contributed by atoms with Crippen LogP contribution in [0.2, 0.25) is 0 Å². The molecule has 0 unspecified atom stereocenters. The van der Waals surface area contributed by atoms with Crippen molar-refractivity contribution >= 4 is 17.3 Å². The number of aromatic nitrogens is 1. The maximum absolute atomic E-state index is 8.82. The summed E-state index contributed by atoms with van der Waals surface area (Å²) in [6, 6.07) is 15.5. The van der Waals surface area contributed by atoms with E-state index >= 15 is 0 Å². The fourth-order valence-corrected chi connectivity index (χ4v) is 1.85. The molecule has 0 saturated heterocycles. The van der Waals surface area contributed by atoms with Crippen molar-refractivity contribution in [2.24, 2.45) is 0 Å². The second kappa shape index (κ2) is 6.58. The van der Waals surface area contributed by atoms with Gasteiger partial charge in [0.1, 0.15) is 11.6 Å². The van der Waals surface area contributed by atoms with Gasteiger partial charge in [0.15, 0.2) is 0 Å². The summed E-state index contributed by atoms with van der Waals surface area (Å²) < 4.78 is 0. The van der Waals surface area contributed by atoms with Crippen LogP contribution in [0.25, 0.3) is 0 Å². The molecule has 1 aromatic heterocycles. The second-order valence-electron chi connectivity index (χ2n) is 4.53. The Morgan fingerprint density at radius 2 is 1.95 bits per heavy atom. The van der Waals surface area contributed by atoms with Gasteiger partial charge in [-0.2, -0.15) is 5.26 Å². The Kier molecular flexibility index (Phi) is 4.56. The molecule has 0 atom stereocenters. The highest BCUT2D eigenvalue weighted by molar-refractivity contribution is 5.61. The molecule has 1 heterocycles. The highest BCUT2D eigenvalue weighted by Crippen LogP contribution is 2.23. The number of nitriles is 1. The van der Waals surface area contributed by atoms with Crippen molar-refractivity contribution in [1.82, 2.24) is 4.98 Å². The SMILES string of the molecule is CCCNc1cccc(N(C)c2ccc(C#N)cc2)n1. The molecule has 2 aromatic rings. The lowest BCUT2D eigenvalue weighted by Crippen LogP contribution is -2.12. The van der Waals surface area contributed by atoms with Crippen LogP contribution < -0.4 is 10.2 Å². The Morgan fingerprint density at radius 3 is 2.60 bits per heavy atom. The van der Waals surface area contributed by atoms with Gasteiger partial charge in [-0.1, -0.05) is 13.0 Å². The third-order valence-corrected chi connectivity index (χ3v) is 3.02. The molecule has 1 N–H and O–H groups in total. The van der Waals surface area contributed by atoms with Gasteiger partial charge in [-0.3, -0.25) is 0 Å². The van der Waals surface area contributed by atoms with Gasteiger partial charge in [0.2, 0.25) is 0 Å². The zero-order valence-corrected chi connectivity index (χ0v) is 11.8. The Bertz CT molecular complexity index is 599. The van der Waals surface area contributed by atoms with Crippen LogP contribution in [-0.2, 0) is 0 Å². The van der Waals surface area contributed by atoms with Crippen molar-refractivity contribution in [1.29, 1.82) is 5.26 Å². The zero-order valence-electron chi connectivity index (χ0n) is 11.8. The topological polar surface area (TPSA) is 52.0 Å². The molecule has 0 spiro atoms. The number of rotatable bonds is 5. The highest BCUT2D eigenvalue weighted by Gasteiger charge is 2.06. The van der Waals surface area contributed by atoms with Gasteiger partial charge in [0.05, 0.1) is 11.6 Å². The molecule has 0 aliphatic heterocycles. The van der Waals surface area contributed by atoms with Crippen molar-refractivity contribution in [2.45, 2.75) is 13.3 Å². The quantitative estimate of drug-likeness (QED) is 0.899. The summed E-state index contributed by atoms with van der Waals surface area (Å²) in [5.41, 5.74) is 1.66. The molecule has 102 valence electrons. The molecule has 4 nitrogen and oxygen atoms in total. The lowest BCUT2D eigenvalue weighted by atomic mass is 10.2. The Hall–Kier alpha value is -2.54. The minimum absolute atomic E-state index is 0.661. The van der Waals surface area contributed by atoms with Gasteiger partial charge in [0, 0.05) is 19.3 Å². The van der Waals surface area contributed by atoms with Crippen LogP contribution in [0, 0.1) is 11.3 Å². The van der Waals surface area contributed by atoms with Crippen LogP contribution in [0.4, 0.5) is 17.3 Å². The predicted molar refractivity (Wildman–Crippen MR) is 82.2 cm³/mol. The summed E-state index contributed by atoms with van der Waals surface area (Å²) >= 11 is 0. The minimum atomic E-state index is 0.661. The number of anilines is 3. The van der Waals surface area contributed by atoms with E-state index in [-0.39, 0.29) is 0 Å². The molecule has 20 heavy (non-hydrogen) atoms. The first-order valence-corrected chi connectivity index (χ1v) is 6.69. The molecular formula is C16H18N4. The molecule has 1 aromatic carbocycles. The Labute approximate surface area is 119 Å². The van der Waals surface area contributed by atoms with E-state index in [1.54, 1.807) is 0 Å². The number of nitrogens with one attached hydrogen (secondary N) is 1. The maximum atomic E-state index is 8.82. The lowest BCUT2D eigenvalue weighted by molar-refractivity contribution is 0.967. The number of hydrogen-bond acceptors (Lipinski definition) is 4. The third-order valence-electron chi connectivity index (χ3n) is 3.02. The largest absolute Gasteiger partial charge is 0.370 e. The summed E-state index contributed by atoms with van der Waals surface area (Å²) in [6.45, 7) is 3.04. The summed E-state index contributed by atoms with van der Waals surface area (Å²) in [7, 11) is 1.97. The zero-order chi connectivity index (χ0) is 14.4. The summed E-state index contributed by atoms with van der Waals surface area (Å²) in [5.74, 6) is 1.75. The van der Waals surface area contributed by atoms with Crippen LogP contribution in [0.1, 0.15) is 18.9 Å². The first kappa shape index (κ1) is 13.9. The summed E-state index contributed by atoms with van der Waals surface area (Å²) in [6.07, 6.45) is 1.07. The number of hydrogen-bond donors (Lipinski definition) is 1. The van der Waals surface area contributed by atoms with E-state index in [4.69, 9.17) is 5.26 Å². The number of benzene rings is 1. The Balaban J connectivity index is 2.19. The van der Waals surface area contributed by atoms with E-state index in [2.05, 4.69) is 23.3 Å². The third kappa shape index (κ3) is 3.27. The molecular weight excluding hydrogens is 248 g/mol. The average Bonchev–Trinajstić information content (AvgIpc) is 2.52. The highest BCUT2D eigenvalue weighted by atomic mass is 15.2. The van der Waals surface area contributed by atoms with Crippen molar-refractivity contribution < 1.29 is 0 Å². The van der Waals surface area contributed by atoms with E-state index in [0.717, 1.165) is 30.3 Å². The normalized spacial score (nSPS) is 9.85. The fraction of sp³-hybridized carbons (Fsp3) is 0.250. The summed E-state index contributed by atoms with van der Waals surface area (Å²) in [4.78, 5) is 6.58. The van der Waals surface area contributed by atoms with Crippen LogP contribution in [0.15, 0.2) is 42.5 Å². The molecule has 0 bridgehead atoms.